The molecular formula is C11H22N2O2. The minimum Gasteiger partial charge on any atom is -0.374 e. The van der Waals surface area contributed by atoms with Crippen molar-refractivity contribution in [2.75, 3.05) is 46.9 Å². The normalized spacial score (nSPS) is 24.3. The summed E-state index contributed by atoms with van der Waals surface area (Å²) >= 11 is 0. The largest absolute Gasteiger partial charge is 0.374 e. The van der Waals surface area contributed by atoms with Crippen LogP contribution in [-0.4, -0.2) is 68.6 Å². The monoisotopic (exact) mass is 214 g/mol. The molecule has 1 rings (SSSR count). The summed E-state index contributed by atoms with van der Waals surface area (Å²) in [6.45, 7) is 5.91. The summed E-state index contributed by atoms with van der Waals surface area (Å²) in [6.07, 6.45) is 0.612. The molecule has 0 saturated carbocycles. The molecule has 0 N–H and O–H groups in total. The molecule has 1 heterocycles. The van der Waals surface area contributed by atoms with Gasteiger partial charge in [-0.15, -0.1) is 0 Å². The van der Waals surface area contributed by atoms with Gasteiger partial charge in [-0.25, -0.2) is 0 Å². The Balaban J connectivity index is 2.31. The van der Waals surface area contributed by atoms with Crippen LogP contribution in [0.4, 0.5) is 0 Å². The number of likely N-dealkylation sites (N-methyl/N-ethyl adjacent to an activating group) is 2. The van der Waals surface area contributed by atoms with Gasteiger partial charge in [0.2, 0.25) is 0 Å². The summed E-state index contributed by atoms with van der Waals surface area (Å²) in [5.74, 6) is 0.212. The van der Waals surface area contributed by atoms with E-state index in [1.54, 1.807) is 0 Å². The van der Waals surface area contributed by atoms with E-state index in [1.165, 1.54) is 0 Å². The third-order valence-electron chi connectivity index (χ3n) is 2.91. The van der Waals surface area contributed by atoms with Gasteiger partial charge in [0.05, 0.1) is 0 Å². The predicted octanol–water partition coefficient (Wildman–Crippen LogP) is 0.228. The smallest absolute Gasteiger partial charge is 0.160 e. The highest BCUT2D eigenvalue weighted by Crippen LogP contribution is 2.09. The van der Waals surface area contributed by atoms with Gasteiger partial charge in [-0.2, -0.15) is 0 Å². The van der Waals surface area contributed by atoms with Gasteiger partial charge in [0, 0.05) is 38.7 Å². The molecule has 1 aliphatic rings. The van der Waals surface area contributed by atoms with Crippen molar-refractivity contribution in [2.45, 2.75) is 19.4 Å². The van der Waals surface area contributed by atoms with Crippen molar-refractivity contribution in [1.82, 2.24) is 9.80 Å². The Labute approximate surface area is 92.2 Å². The Kier molecular flexibility index (Phi) is 5.22. The van der Waals surface area contributed by atoms with Crippen molar-refractivity contribution in [3.05, 3.63) is 0 Å². The van der Waals surface area contributed by atoms with Gasteiger partial charge in [0.15, 0.2) is 5.78 Å². The number of rotatable bonds is 5. The second-order valence-corrected chi connectivity index (χ2v) is 4.28. The Bertz CT molecular complexity index is 209. The number of Topliss-reactive ketones (excluding diaryl/α,β-unsaturated/α-hetero) is 1. The maximum atomic E-state index is 11.6. The van der Waals surface area contributed by atoms with Crippen LogP contribution in [0, 0.1) is 0 Å². The predicted molar refractivity (Wildman–Crippen MR) is 60.0 cm³/mol. The van der Waals surface area contributed by atoms with Crippen LogP contribution in [0.5, 0.6) is 0 Å². The number of nitrogens with zero attached hydrogens (tertiary/aromatic N) is 2. The summed E-state index contributed by atoms with van der Waals surface area (Å²) in [5.41, 5.74) is 0. The molecule has 0 amide bonds. The first kappa shape index (κ1) is 12.6. The fourth-order valence-electron chi connectivity index (χ4n) is 1.86. The molecule has 1 atom stereocenters. The molecule has 1 unspecified atom stereocenters. The SMILES string of the molecule is CCOCC(=O)CC1CN(C)CCN1C. The van der Waals surface area contributed by atoms with E-state index in [1.807, 2.05) is 6.92 Å². The van der Waals surface area contributed by atoms with E-state index in [0.29, 0.717) is 19.1 Å². The maximum absolute atomic E-state index is 11.6. The second-order valence-electron chi connectivity index (χ2n) is 4.28. The fourth-order valence-corrected chi connectivity index (χ4v) is 1.86. The summed E-state index contributed by atoms with van der Waals surface area (Å²) < 4.78 is 5.12. The van der Waals surface area contributed by atoms with Gasteiger partial charge in [-0.3, -0.25) is 4.79 Å². The van der Waals surface area contributed by atoms with E-state index in [4.69, 9.17) is 4.74 Å². The number of ketones is 1. The third-order valence-corrected chi connectivity index (χ3v) is 2.91. The van der Waals surface area contributed by atoms with Crippen LogP contribution >= 0.6 is 0 Å². The van der Waals surface area contributed by atoms with Crippen LogP contribution in [0.25, 0.3) is 0 Å². The van der Waals surface area contributed by atoms with Crippen molar-refractivity contribution in [1.29, 1.82) is 0 Å². The molecule has 0 spiro atoms. The number of carbonyl (C=O) groups excluding carboxylic acids is 1. The van der Waals surface area contributed by atoms with E-state index < -0.39 is 0 Å². The van der Waals surface area contributed by atoms with Crippen LogP contribution in [0.3, 0.4) is 0 Å². The molecule has 4 nitrogen and oxygen atoms in total. The van der Waals surface area contributed by atoms with Gasteiger partial charge in [-0.1, -0.05) is 0 Å². The van der Waals surface area contributed by atoms with Gasteiger partial charge in [0.1, 0.15) is 6.61 Å². The van der Waals surface area contributed by atoms with Gasteiger partial charge in [-0.05, 0) is 21.0 Å². The lowest BCUT2D eigenvalue weighted by atomic mass is 10.1. The van der Waals surface area contributed by atoms with Crippen LogP contribution in [-0.2, 0) is 9.53 Å². The number of hydrogen-bond acceptors (Lipinski definition) is 4. The molecule has 4 heteroatoms. The van der Waals surface area contributed by atoms with E-state index in [0.717, 1.165) is 19.6 Å². The van der Waals surface area contributed by atoms with Crippen molar-refractivity contribution >= 4 is 5.78 Å². The Morgan fingerprint density at radius 1 is 1.40 bits per heavy atom. The highest BCUT2D eigenvalue weighted by molar-refractivity contribution is 5.80. The van der Waals surface area contributed by atoms with E-state index in [2.05, 4.69) is 23.9 Å². The zero-order valence-corrected chi connectivity index (χ0v) is 10.0. The molecule has 0 aromatic rings. The minimum atomic E-state index is 0.212. The Hall–Kier alpha value is -0.450. The highest BCUT2D eigenvalue weighted by atomic mass is 16.5. The molecule has 1 aliphatic heterocycles. The number of piperazine rings is 1. The summed E-state index contributed by atoms with van der Waals surface area (Å²) in [5, 5.41) is 0. The average molecular weight is 214 g/mol. The van der Waals surface area contributed by atoms with Crippen LogP contribution in [0.15, 0.2) is 0 Å². The van der Waals surface area contributed by atoms with Crippen molar-refractivity contribution in [2.24, 2.45) is 0 Å². The molecule has 0 aromatic heterocycles. The molecule has 0 radical (unpaired) electrons. The number of carbonyl (C=O) groups is 1. The average Bonchev–Trinajstić information content (AvgIpc) is 2.20. The second kappa shape index (κ2) is 6.20. The summed E-state index contributed by atoms with van der Waals surface area (Å²) in [7, 11) is 4.19. The number of ether oxygens (including phenoxy) is 1. The lowest BCUT2D eigenvalue weighted by molar-refractivity contribution is -0.125. The zero-order chi connectivity index (χ0) is 11.3. The summed E-state index contributed by atoms with van der Waals surface area (Å²) in [4.78, 5) is 16.1. The van der Waals surface area contributed by atoms with E-state index in [-0.39, 0.29) is 12.4 Å². The Morgan fingerprint density at radius 2 is 2.13 bits per heavy atom. The van der Waals surface area contributed by atoms with E-state index >= 15 is 0 Å². The fraction of sp³-hybridized carbons (Fsp3) is 0.909. The van der Waals surface area contributed by atoms with Gasteiger partial charge < -0.3 is 14.5 Å². The first-order valence-electron chi connectivity index (χ1n) is 5.61. The van der Waals surface area contributed by atoms with Crippen molar-refractivity contribution in [3.63, 3.8) is 0 Å². The minimum absolute atomic E-state index is 0.212. The lowest BCUT2D eigenvalue weighted by Crippen LogP contribution is -2.50. The van der Waals surface area contributed by atoms with Crippen LogP contribution in [0.2, 0.25) is 0 Å². The first-order valence-corrected chi connectivity index (χ1v) is 5.61. The number of hydrogen-bond donors (Lipinski definition) is 0. The summed E-state index contributed by atoms with van der Waals surface area (Å²) in [6, 6.07) is 0.358. The van der Waals surface area contributed by atoms with E-state index in [9.17, 15) is 4.79 Å². The van der Waals surface area contributed by atoms with Crippen molar-refractivity contribution < 1.29 is 9.53 Å². The molecule has 0 aromatic carbocycles. The molecule has 0 aliphatic carbocycles. The quantitative estimate of drug-likeness (QED) is 0.656. The Morgan fingerprint density at radius 3 is 2.80 bits per heavy atom. The molecule has 1 saturated heterocycles. The molecule has 0 bridgehead atoms. The van der Waals surface area contributed by atoms with Crippen molar-refractivity contribution in [3.8, 4) is 0 Å². The van der Waals surface area contributed by atoms with Crippen LogP contribution < -0.4 is 0 Å². The topological polar surface area (TPSA) is 32.8 Å². The highest BCUT2D eigenvalue weighted by Gasteiger charge is 2.24. The first-order chi connectivity index (χ1) is 7.13. The third kappa shape index (κ3) is 4.28. The van der Waals surface area contributed by atoms with Gasteiger partial charge >= 0.3 is 0 Å². The molecule has 15 heavy (non-hydrogen) atoms. The van der Waals surface area contributed by atoms with Gasteiger partial charge in [0.25, 0.3) is 0 Å². The van der Waals surface area contributed by atoms with Crippen LogP contribution in [0.1, 0.15) is 13.3 Å². The lowest BCUT2D eigenvalue weighted by Gasteiger charge is -2.37. The maximum Gasteiger partial charge on any atom is 0.160 e. The molecule has 1 fully saturated rings. The molecular weight excluding hydrogens is 192 g/mol. The zero-order valence-electron chi connectivity index (χ0n) is 10.0. The standard InChI is InChI=1S/C11H22N2O2/c1-4-15-9-11(14)7-10-8-12(2)5-6-13(10)3/h10H,4-9H2,1-3H3. The molecule has 88 valence electrons.